The SMILES string of the molecule is CCNC(=O)[C@@H](NC(=O)[C@H](C)CC[C@H](CC(C)C)NC(=O)[C@H](CS(C)(=O)=O)NC(=O)[C@@H](NC(=O)c1cc[n+]([O-])cc1)[C@@H](C)CC)C(C)C. The molecule has 0 aliphatic rings. The molecule has 5 N–H and O–H groups in total. The third-order valence-electron chi connectivity index (χ3n) is 8.04. The molecule has 15 heteroatoms. The largest absolute Gasteiger partial charge is 0.619 e. The number of hydrogen-bond acceptors (Lipinski definition) is 8. The number of carbonyl (C=O) groups is 5. The summed E-state index contributed by atoms with van der Waals surface area (Å²) in [5, 5.41) is 25.0. The second kappa shape index (κ2) is 19.9. The van der Waals surface area contributed by atoms with Crippen LogP contribution in [0.2, 0.25) is 0 Å². The fourth-order valence-corrected chi connectivity index (χ4v) is 5.89. The van der Waals surface area contributed by atoms with Crippen molar-refractivity contribution in [2.75, 3.05) is 18.6 Å². The molecule has 0 bridgehead atoms. The molecule has 5 amide bonds. The van der Waals surface area contributed by atoms with Crippen LogP contribution in [0.5, 0.6) is 0 Å². The van der Waals surface area contributed by atoms with Crippen LogP contribution < -0.4 is 31.3 Å². The molecule has 1 aromatic rings. The Labute approximate surface area is 285 Å². The number of carbonyl (C=O) groups excluding carboxylic acids is 5. The van der Waals surface area contributed by atoms with E-state index < -0.39 is 63.4 Å². The highest BCUT2D eigenvalue weighted by Crippen LogP contribution is 2.16. The number of nitrogens with zero attached hydrogens (tertiary/aromatic N) is 1. The van der Waals surface area contributed by atoms with Gasteiger partial charge in [0.05, 0.1) is 11.3 Å². The van der Waals surface area contributed by atoms with Gasteiger partial charge in [0.25, 0.3) is 5.91 Å². The molecule has 1 aromatic heterocycles. The number of likely N-dealkylation sites (N-methyl/N-ethyl adjacent to an activating group) is 1. The van der Waals surface area contributed by atoms with Gasteiger partial charge >= 0.3 is 0 Å². The fraction of sp³-hybridized carbons (Fsp3) is 0.697. The van der Waals surface area contributed by atoms with Crippen molar-refractivity contribution in [1.82, 2.24) is 26.6 Å². The Morgan fingerprint density at radius 1 is 0.792 bits per heavy atom. The van der Waals surface area contributed by atoms with Gasteiger partial charge in [-0.15, -0.1) is 0 Å². The second-order valence-corrected chi connectivity index (χ2v) is 15.6. The monoisotopic (exact) mass is 696 g/mol. The molecule has 0 aliphatic carbocycles. The molecule has 0 aromatic carbocycles. The number of rotatable bonds is 20. The lowest BCUT2D eigenvalue weighted by atomic mass is 9.94. The number of hydrogen-bond donors (Lipinski definition) is 5. The third kappa shape index (κ3) is 15.0. The van der Waals surface area contributed by atoms with Crippen LogP contribution in [0.1, 0.15) is 91.4 Å². The molecule has 0 spiro atoms. The average Bonchev–Trinajstić information content (AvgIpc) is 2.99. The molecule has 0 fully saturated rings. The van der Waals surface area contributed by atoms with Gasteiger partial charge in [0, 0.05) is 36.9 Å². The molecular weight excluding hydrogens is 640 g/mol. The van der Waals surface area contributed by atoms with Gasteiger partial charge in [0.2, 0.25) is 23.6 Å². The fourth-order valence-electron chi connectivity index (χ4n) is 5.05. The van der Waals surface area contributed by atoms with E-state index in [1.807, 2.05) is 34.6 Å². The van der Waals surface area contributed by atoms with Gasteiger partial charge in [-0.25, -0.2) is 8.42 Å². The minimum absolute atomic E-state index is 0.125. The van der Waals surface area contributed by atoms with E-state index in [2.05, 4.69) is 26.6 Å². The zero-order valence-electron chi connectivity index (χ0n) is 29.8. The van der Waals surface area contributed by atoms with Crippen molar-refractivity contribution in [2.24, 2.45) is 23.7 Å². The number of aromatic nitrogens is 1. The lowest BCUT2D eigenvalue weighted by Gasteiger charge is -2.28. The first-order valence-corrected chi connectivity index (χ1v) is 18.7. The maximum Gasteiger partial charge on any atom is 0.252 e. The zero-order chi connectivity index (χ0) is 36.8. The van der Waals surface area contributed by atoms with Crippen LogP contribution in [0, 0.1) is 28.9 Å². The highest BCUT2D eigenvalue weighted by Gasteiger charge is 2.33. The number of pyridine rings is 1. The summed E-state index contributed by atoms with van der Waals surface area (Å²) in [5.74, 6) is -4.11. The summed E-state index contributed by atoms with van der Waals surface area (Å²) in [5.41, 5.74) is 0.150. The van der Waals surface area contributed by atoms with Crippen molar-refractivity contribution in [3.63, 3.8) is 0 Å². The van der Waals surface area contributed by atoms with Crippen LogP contribution in [0.25, 0.3) is 0 Å². The Hall–Kier alpha value is -3.75. The van der Waals surface area contributed by atoms with Crippen LogP contribution in [0.3, 0.4) is 0 Å². The van der Waals surface area contributed by atoms with Crippen LogP contribution in [-0.2, 0) is 29.0 Å². The molecule has 0 saturated carbocycles. The summed E-state index contributed by atoms with van der Waals surface area (Å²) in [6.07, 6.45) is 5.03. The zero-order valence-corrected chi connectivity index (χ0v) is 30.6. The van der Waals surface area contributed by atoms with Crippen molar-refractivity contribution >= 4 is 39.4 Å². The van der Waals surface area contributed by atoms with Crippen LogP contribution in [0.15, 0.2) is 24.5 Å². The summed E-state index contributed by atoms with van der Waals surface area (Å²) >= 11 is 0. The van der Waals surface area contributed by atoms with E-state index in [4.69, 9.17) is 0 Å². The molecule has 1 rings (SSSR count). The van der Waals surface area contributed by atoms with Gasteiger partial charge in [-0.05, 0) is 43.9 Å². The number of sulfone groups is 1. The third-order valence-corrected chi connectivity index (χ3v) is 8.98. The van der Waals surface area contributed by atoms with E-state index >= 15 is 0 Å². The molecule has 0 aliphatic heterocycles. The Morgan fingerprint density at radius 3 is 1.90 bits per heavy atom. The Morgan fingerprint density at radius 2 is 1.40 bits per heavy atom. The van der Waals surface area contributed by atoms with Crippen LogP contribution in [0.4, 0.5) is 0 Å². The normalized spacial score (nSPS) is 15.4. The summed E-state index contributed by atoms with van der Waals surface area (Å²) < 4.78 is 25.2. The van der Waals surface area contributed by atoms with Gasteiger partial charge < -0.3 is 31.8 Å². The summed E-state index contributed by atoms with van der Waals surface area (Å²) in [7, 11) is -3.74. The van der Waals surface area contributed by atoms with Gasteiger partial charge in [-0.1, -0.05) is 54.9 Å². The first kappa shape index (κ1) is 42.3. The first-order chi connectivity index (χ1) is 22.3. The minimum Gasteiger partial charge on any atom is -0.619 e. The van der Waals surface area contributed by atoms with Gasteiger partial charge in [0.15, 0.2) is 12.4 Å². The highest BCUT2D eigenvalue weighted by molar-refractivity contribution is 7.90. The summed E-state index contributed by atoms with van der Waals surface area (Å²) in [6.45, 7) is 15.2. The molecule has 0 radical (unpaired) electrons. The molecule has 6 atom stereocenters. The van der Waals surface area contributed by atoms with Crippen molar-refractivity contribution in [1.29, 1.82) is 0 Å². The molecule has 0 unspecified atom stereocenters. The van der Waals surface area contributed by atoms with E-state index in [1.165, 1.54) is 12.1 Å². The van der Waals surface area contributed by atoms with Gasteiger partial charge in [-0.2, -0.15) is 4.73 Å². The molecule has 48 heavy (non-hydrogen) atoms. The quantitative estimate of drug-likeness (QED) is 0.0987. The molecule has 14 nitrogen and oxygen atoms in total. The van der Waals surface area contributed by atoms with Crippen molar-refractivity contribution in [3.8, 4) is 0 Å². The minimum atomic E-state index is -3.74. The van der Waals surface area contributed by atoms with Crippen molar-refractivity contribution < 1.29 is 37.1 Å². The molecular formula is C33H56N6O8S. The maximum atomic E-state index is 13.6. The van der Waals surface area contributed by atoms with Crippen LogP contribution in [-0.4, -0.2) is 80.7 Å². The van der Waals surface area contributed by atoms with Crippen LogP contribution >= 0.6 is 0 Å². The predicted octanol–water partition coefficient (Wildman–Crippen LogP) is 1.22. The van der Waals surface area contributed by atoms with E-state index in [9.17, 15) is 37.6 Å². The topological polar surface area (TPSA) is 207 Å². The predicted molar refractivity (Wildman–Crippen MR) is 183 cm³/mol. The highest BCUT2D eigenvalue weighted by atomic mass is 32.2. The Bertz CT molecular complexity index is 1340. The lowest BCUT2D eigenvalue weighted by Crippen LogP contribution is -2.58. The number of amides is 5. The van der Waals surface area contributed by atoms with E-state index in [1.54, 1.807) is 20.8 Å². The molecule has 272 valence electrons. The second-order valence-electron chi connectivity index (χ2n) is 13.4. The van der Waals surface area contributed by atoms with Gasteiger partial charge in [0.1, 0.15) is 28.0 Å². The van der Waals surface area contributed by atoms with Crippen molar-refractivity contribution in [2.45, 2.75) is 105 Å². The Kier molecular flexibility index (Phi) is 17.5. The smallest absolute Gasteiger partial charge is 0.252 e. The van der Waals surface area contributed by atoms with E-state index in [-0.39, 0.29) is 35.1 Å². The van der Waals surface area contributed by atoms with E-state index in [0.717, 1.165) is 18.6 Å². The standard InChI is InChI=1S/C33H56N6O8S/c1-10-22(7)28(38-30(41)24-14-16-39(45)17-15-24)33(44)36-26(19-48(9,46)47)31(42)35-25(18-20(3)4)13-12-23(8)29(40)37-27(21(5)6)32(43)34-11-2/h14-17,20-23,25-28H,10-13,18-19H2,1-9H3,(H,34,43)(H,35,42)(H,36,44)(H,37,40)(H,38,41)/t22-,23+,25+,26-,27-,28-/m0/s1. The summed E-state index contributed by atoms with van der Waals surface area (Å²) in [6, 6.07) is -1.07. The first-order valence-electron chi connectivity index (χ1n) is 16.7. The summed E-state index contributed by atoms with van der Waals surface area (Å²) in [4.78, 5) is 65.4. The average molecular weight is 697 g/mol. The van der Waals surface area contributed by atoms with E-state index in [0.29, 0.717) is 37.0 Å². The number of nitrogens with one attached hydrogen (secondary N) is 5. The maximum absolute atomic E-state index is 13.6. The van der Waals surface area contributed by atoms with Gasteiger partial charge in [-0.3, -0.25) is 24.0 Å². The van der Waals surface area contributed by atoms with Crippen molar-refractivity contribution in [3.05, 3.63) is 35.3 Å². The lowest BCUT2D eigenvalue weighted by molar-refractivity contribution is -0.605. The Balaban J connectivity index is 3.11. The molecule has 1 heterocycles. The molecule has 0 saturated heterocycles.